The number of likely N-dealkylation sites (N-methyl/N-ethyl adjacent to an activating group) is 1. The number of hydrogen-bond acceptors (Lipinski definition) is 4. The van der Waals surface area contributed by atoms with Crippen LogP contribution in [0.4, 0.5) is 0 Å². The van der Waals surface area contributed by atoms with Gasteiger partial charge in [-0.05, 0) is 86.4 Å². The highest BCUT2D eigenvalue weighted by Gasteiger charge is 2.20. The van der Waals surface area contributed by atoms with E-state index in [0.717, 1.165) is 28.2 Å². The van der Waals surface area contributed by atoms with Crippen molar-refractivity contribution in [1.29, 1.82) is 0 Å². The van der Waals surface area contributed by atoms with Crippen LogP contribution in [-0.4, -0.2) is 26.9 Å². The van der Waals surface area contributed by atoms with E-state index in [4.69, 9.17) is 9.97 Å². The summed E-state index contributed by atoms with van der Waals surface area (Å²) in [6.07, 6.45) is 14.2. The minimum absolute atomic E-state index is 0.117. The average Bonchev–Trinajstić information content (AvgIpc) is 3.11. The molecule has 4 heteroatoms. The van der Waals surface area contributed by atoms with Crippen LogP contribution < -0.4 is 0 Å². The van der Waals surface area contributed by atoms with Gasteiger partial charge < -0.3 is 4.90 Å². The molecule has 0 N–H and O–H groups in total. The van der Waals surface area contributed by atoms with Crippen LogP contribution in [0.1, 0.15) is 11.7 Å². The molecule has 1 unspecified atom stereocenters. The minimum atomic E-state index is 0.117. The molecule has 7 aromatic rings. The Balaban J connectivity index is 1.36. The molecule has 1 atom stereocenters. The summed E-state index contributed by atoms with van der Waals surface area (Å²) in [5, 5.41) is 4.74. The Morgan fingerprint density at radius 1 is 0.511 bits per heavy atom. The summed E-state index contributed by atoms with van der Waals surface area (Å²) in [5.74, 6) is 0. The number of nitrogens with zero attached hydrogens (tertiary/aromatic N) is 4. The van der Waals surface area contributed by atoms with Crippen molar-refractivity contribution >= 4 is 21.5 Å². The van der Waals surface area contributed by atoms with Crippen LogP contribution in [0.5, 0.6) is 0 Å². The number of fused-ring (bicyclic) bond motifs is 2. The van der Waals surface area contributed by atoms with Crippen molar-refractivity contribution < 1.29 is 0 Å². The van der Waals surface area contributed by atoms with Crippen LogP contribution in [0.15, 0.2) is 158 Å². The number of pyridine rings is 3. The van der Waals surface area contributed by atoms with Gasteiger partial charge in [0.15, 0.2) is 0 Å². The predicted molar refractivity (Wildman–Crippen MR) is 185 cm³/mol. The Hall–Kier alpha value is -5.87. The fourth-order valence-electron chi connectivity index (χ4n) is 6.44. The molecule has 0 saturated heterocycles. The topological polar surface area (TPSA) is 41.9 Å². The lowest BCUT2D eigenvalue weighted by Gasteiger charge is -2.25. The van der Waals surface area contributed by atoms with Gasteiger partial charge in [0.25, 0.3) is 0 Å². The molecular formula is C41H30N4. The van der Waals surface area contributed by atoms with Gasteiger partial charge in [-0.1, -0.05) is 97.1 Å². The summed E-state index contributed by atoms with van der Waals surface area (Å²) >= 11 is 0. The average molecular weight is 579 g/mol. The molecule has 0 aliphatic carbocycles. The van der Waals surface area contributed by atoms with Crippen molar-refractivity contribution in [2.24, 2.45) is 0 Å². The minimum Gasteiger partial charge on any atom is -0.368 e. The zero-order valence-corrected chi connectivity index (χ0v) is 24.9. The number of aromatic nitrogens is 3. The summed E-state index contributed by atoms with van der Waals surface area (Å²) < 4.78 is 0. The lowest BCUT2D eigenvalue weighted by atomic mass is 9.85. The van der Waals surface area contributed by atoms with E-state index in [-0.39, 0.29) is 6.04 Å². The molecule has 0 radical (unpaired) electrons. The van der Waals surface area contributed by atoms with Crippen molar-refractivity contribution in [2.45, 2.75) is 6.04 Å². The number of hydrogen-bond donors (Lipinski definition) is 0. The maximum Gasteiger partial charge on any atom is 0.0891 e. The van der Waals surface area contributed by atoms with E-state index < -0.39 is 0 Å². The maximum absolute atomic E-state index is 5.00. The Bertz CT molecular complexity index is 2200. The van der Waals surface area contributed by atoms with E-state index in [1.807, 2.05) is 30.6 Å². The molecule has 4 nitrogen and oxygen atoms in total. The third-order valence-electron chi connectivity index (χ3n) is 8.65. The standard InChI is InChI=1S/C41H30N4/c1-45-24-10-8-16-39(45)38-22-19-31(27-44-38)41-33-14-6-5-13-32(33)40(30-18-21-37(43-26-30)36-15-7-9-23-42-36)34-20-17-29(25-35(34)41)28-11-3-2-4-12-28/h2-27,39H,1H3. The maximum atomic E-state index is 5.00. The molecule has 4 aromatic carbocycles. The van der Waals surface area contributed by atoms with Crippen molar-refractivity contribution in [2.75, 3.05) is 7.05 Å². The lowest BCUT2D eigenvalue weighted by molar-refractivity contribution is 0.383. The fraction of sp³-hybridized carbons (Fsp3) is 0.0488. The molecular weight excluding hydrogens is 548 g/mol. The zero-order chi connectivity index (χ0) is 30.2. The Morgan fingerprint density at radius 2 is 1.18 bits per heavy atom. The molecule has 45 heavy (non-hydrogen) atoms. The quantitative estimate of drug-likeness (QED) is 0.191. The molecule has 1 aliphatic heterocycles. The first-order valence-electron chi connectivity index (χ1n) is 15.2. The Labute approximate surface area is 262 Å². The monoisotopic (exact) mass is 578 g/mol. The molecule has 0 amide bonds. The van der Waals surface area contributed by atoms with Crippen LogP contribution in [0.2, 0.25) is 0 Å². The van der Waals surface area contributed by atoms with Gasteiger partial charge in [0.2, 0.25) is 0 Å². The zero-order valence-electron chi connectivity index (χ0n) is 24.9. The van der Waals surface area contributed by atoms with Gasteiger partial charge in [0.1, 0.15) is 0 Å². The molecule has 0 bridgehead atoms. The summed E-state index contributed by atoms with van der Waals surface area (Å²) in [4.78, 5) is 16.5. The van der Waals surface area contributed by atoms with Crippen molar-refractivity contribution in [3.05, 3.63) is 164 Å². The molecule has 0 saturated carbocycles. The van der Waals surface area contributed by atoms with Gasteiger partial charge in [0.05, 0.1) is 23.1 Å². The van der Waals surface area contributed by atoms with Crippen LogP contribution in [0.25, 0.3) is 66.3 Å². The second-order valence-corrected chi connectivity index (χ2v) is 11.4. The van der Waals surface area contributed by atoms with E-state index in [2.05, 4.69) is 138 Å². The molecule has 8 rings (SSSR count). The number of rotatable bonds is 5. The van der Waals surface area contributed by atoms with Crippen LogP contribution in [0, 0.1) is 0 Å². The van der Waals surface area contributed by atoms with Crippen molar-refractivity contribution in [1.82, 2.24) is 19.9 Å². The van der Waals surface area contributed by atoms with Gasteiger partial charge >= 0.3 is 0 Å². The second-order valence-electron chi connectivity index (χ2n) is 11.4. The van der Waals surface area contributed by atoms with E-state index in [1.54, 1.807) is 6.20 Å². The first kappa shape index (κ1) is 26.7. The summed E-state index contributed by atoms with van der Waals surface area (Å²) in [6, 6.07) is 40.8. The van der Waals surface area contributed by atoms with Gasteiger partial charge in [-0.15, -0.1) is 0 Å². The largest absolute Gasteiger partial charge is 0.368 e. The van der Waals surface area contributed by atoms with Crippen molar-refractivity contribution in [3.8, 4) is 44.8 Å². The van der Waals surface area contributed by atoms with E-state index in [0.29, 0.717) is 0 Å². The SMILES string of the molecule is CN1C=CC=CC1c1ccc(-c2c3ccccc3c(-c3ccc(-c4ccccn4)nc3)c3ccc(-c4ccccc4)cc23)cn1. The summed E-state index contributed by atoms with van der Waals surface area (Å²) in [7, 11) is 2.09. The van der Waals surface area contributed by atoms with Crippen LogP contribution in [0.3, 0.4) is 0 Å². The number of benzene rings is 4. The Morgan fingerprint density at radius 3 is 1.87 bits per heavy atom. The summed E-state index contributed by atoms with van der Waals surface area (Å²) in [5.41, 5.74) is 9.65. The Kier molecular flexibility index (Phi) is 6.73. The normalized spacial score (nSPS) is 14.3. The third kappa shape index (κ3) is 4.87. The molecule has 214 valence electrons. The first-order valence-corrected chi connectivity index (χ1v) is 15.2. The highest BCUT2D eigenvalue weighted by Crippen LogP contribution is 2.45. The molecule has 0 spiro atoms. The molecule has 1 aliphatic rings. The molecule has 3 aromatic heterocycles. The number of allylic oxidation sites excluding steroid dienone is 2. The molecule has 4 heterocycles. The van der Waals surface area contributed by atoms with Gasteiger partial charge in [-0.2, -0.15) is 0 Å². The van der Waals surface area contributed by atoms with Gasteiger partial charge in [0, 0.05) is 36.8 Å². The second kappa shape index (κ2) is 11.3. The van der Waals surface area contributed by atoms with Crippen LogP contribution in [-0.2, 0) is 0 Å². The van der Waals surface area contributed by atoms with E-state index in [1.165, 1.54) is 43.8 Å². The first-order chi connectivity index (χ1) is 22.2. The lowest BCUT2D eigenvalue weighted by Crippen LogP contribution is -2.19. The van der Waals surface area contributed by atoms with Crippen LogP contribution >= 0.6 is 0 Å². The summed E-state index contributed by atoms with van der Waals surface area (Å²) in [6.45, 7) is 0. The van der Waals surface area contributed by atoms with E-state index in [9.17, 15) is 0 Å². The predicted octanol–water partition coefficient (Wildman–Crippen LogP) is 9.90. The van der Waals surface area contributed by atoms with E-state index >= 15 is 0 Å². The van der Waals surface area contributed by atoms with Gasteiger partial charge in [-0.3, -0.25) is 15.0 Å². The highest BCUT2D eigenvalue weighted by molar-refractivity contribution is 6.21. The fourth-order valence-corrected chi connectivity index (χ4v) is 6.44. The molecule has 0 fully saturated rings. The smallest absolute Gasteiger partial charge is 0.0891 e. The highest BCUT2D eigenvalue weighted by atomic mass is 15.1. The third-order valence-corrected chi connectivity index (χ3v) is 8.65. The van der Waals surface area contributed by atoms with Crippen molar-refractivity contribution in [3.63, 3.8) is 0 Å². The van der Waals surface area contributed by atoms with Gasteiger partial charge in [-0.25, -0.2) is 0 Å².